The number of nitro groups is 1. The summed E-state index contributed by atoms with van der Waals surface area (Å²) in [6.07, 6.45) is 0.709. The largest absolute Gasteiger partial charge is 0.369 e. The van der Waals surface area contributed by atoms with Crippen LogP contribution in [0.1, 0.15) is 25.0 Å². The van der Waals surface area contributed by atoms with Gasteiger partial charge in [0, 0.05) is 41.7 Å². The molecule has 2 aromatic carbocycles. The first kappa shape index (κ1) is 18.0. The number of nitrogens with zero attached hydrogens (tertiary/aromatic N) is 2. The van der Waals surface area contributed by atoms with Gasteiger partial charge in [-0.25, -0.2) is 0 Å². The van der Waals surface area contributed by atoms with E-state index in [9.17, 15) is 10.1 Å². The molecule has 132 valence electrons. The van der Waals surface area contributed by atoms with Gasteiger partial charge in [-0.05, 0) is 60.7 Å². The summed E-state index contributed by atoms with van der Waals surface area (Å²) in [5.74, 6) is 0. The predicted molar refractivity (Wildman–Crippen MR) is 104 cm³/mol. The lowest BCUT2D eigenvalue weighted by Crippen LogP contribution is -2.33. The topological polar surface area (TPSA) is 46.4 Å². The van der Waals surface area contributed by atoms with E-state index >= 15 is 0 Å². The standard InChI is InChI=1S/C19H20Cl2N2O2/c1-12(20)10-22(11-13(2)21)16-3-5-18-14(8-16)7-15-9-17(23(24)25)4-6-19(15)18/h3-6,8-9,12-13H,7,10-11H2,1-2H3/t12-,13-/m1/s1. The van der Waals surface area contributed by atoms with Crippen LogP contribution in [0.3, 0.4) is 0 Å². The molecule has 0 heterocycles. The highest BCUT2D eigenvalue weighted by Crippen LogP contribution is 2.40. The van der Waals surface area contributed by atoms with Gasteiger partial charge in [0.25, 0.3) is 5.69 Å². The van der Waals surface area contributed by atoms with Crippen molar-refractivity contribution in [3.63, 3.8) is 0 Å². The van der Waals surface area contributed by atoms with Crippen LogP contribution in [-0.2, 0) is 6.42 Å². The molecule has 1 aliphatic carbocycles. The summed E-state index contributed by atoms with van der Waals surface area (Å²) < 4.78 is 0. The molecule has 0 amide bonds. The van der Waals surface area contributed by atoms with Crippen LogP contribution in [0.4, 0.5) is 11.4 Å². The number of benzene rings is 2. The SMILES string of the molecule is C[C@@H](Cl)CN(C[C@@H](C)Cl)c1ccc2c(c1)Cc1cc([N+](=O)[O-])ccc1-2. The predicted octanol–water partition coefficient (Wildman–Crippen LogP) is 5.23. The number of alkyl halides is 2. The number of hydrogen-bond donors (Lipinski definition) is 0. The van der Waals surface area contributed by atoms with Crippen LogP contribution in [-0.4, -0.2) is 28.8 Å². The molecule has 0 saturated carbocycles. The van der Waals surface area contributed by atoms with Crippen LogP contribution in [0.25, 0.3) is 11.1 Å². The van der Waals surface area contributed by atoms with Crippen molar-refractivity contribution < 1.29 is 4.92 Å². The van der Waals surface area contributed by atoms with E-state index in [2.05, 4.69) is 23.1 Å². The lowest BCUT2D eigenvalue weighted by atomic mass is 10.0. The summed E-state index contributed by atoms with van der Waals surface area (Å²) in [5.41, 5.74) is 5.63. The lowest BCUT2D eigenvalue weighted by molar-refractivity contribution is -0.384. The highest BCUT2D eigenvalue weighted by atomic mass is 35.5. The van der Waals surface area contributed by atoms with E-state index in [1.54, 1.807) is 12.1 Å². The van der Waals surface area contributed by atoms with Crippen LogP contribution < -0.4 is 4.90 Å². The third-order valence-corrected chi connectivity index (χ3v) is 4.64. The van der Waals surface area contributed by atoms with Gasteiger partial charge < -0.3 is 4.90 Å². The molecule has 0 radical (unpaired) electrons. The summed E-state index contributed by atoms with van der Waals surface area (Å²) in [6.45, 7) is 5.37. The monoisotopic (exact) mass is 378 g/mol. The van der Waals surface area contributed by atoms with Gasteiger partial charge in [0.1, 0.15) is 0 Å². The van der Waals surface area contributed by atoms with Crippen molar-refractivity contribution in [3.05, 3.63) is 57.6 Å². The van der Waals surface area contributed by atoms with Gasteiger partial charge in [0.2, 0.25) is 0 Å². The lowest BCUT2D eigenvalue weighted by Gasteiger charge is -2.27. The minimum Gasteiger partial charge on any atom is -0.369 e. The molecule has 0 aromatic heterocycles. The van der Waals surface area contributed by atoms with Gasteiger partial charge in [-0.1, -0.05) is 6.07 Å². The molecule has 3 rings (SSSR count). The normalized spacial score (nSPS) is 14.6. The summed E-state index contributed by atoms with van der Waals surface area (Å²) in [6, 6.07) is 11.4. The Labute approximate surface area is 157 Å². The molecule has 0 unspecified atom stereocenters. The molecule has 0 N–H and O–H groups in total. The first-order valence-electron chi connectivity index (χ1n) is 8.29. The fraction of sp³-hybridized carbons (Fsp3) is 0.368. The Hall–Kier alpha value is -1.78. The Balaban J connectivity index is 1.92. The third-order valence-electron chi connectivity index (χ3n) is 4.37. The maximum atomic E-state index is 11.0. The first-order valence-corrected chi connectivity index (χ1v) is 9.16. The molecule has 0 aliphatic heterocycles. The van der Waals surface area contributed by atoms with Crippen molar-refractivity contribution in [3.8, 4) is 11.1 Å². The number of non-ortho nitro benzene ring substituents is 1. The van der Waals surface area contributed by atoms with Crippen molar-refractivity contribution in [1.29, 1.82) is 0 Å². The van der Waals surface area contributed by atoms with E-state index in [0.717, 1.165) is 35.5 Å². The number of nitro benzene ring substituents is 1. The van der Waals surface area contributed by atoms with Gasteiger partial charge in [-0.3, -0.25) is 10.1 Å². The summed E-state index contributed by atoms with van der Waals surface area (Å²) in [4.78, 5) is 12.8. The number of rotatable bonds is 6. The van der Waals surface area contributed by atoms with E-state index in [1.165, 1.54) is 5.56 Å². The number of hydrogen-bond acceptors (Lipinski definition) is 3. The Morgan fingerprint density at radius 2 is 1.60 bits per heavy atom. The third kappa shape index (κ3) is 3.91. The van der Waals surface area contributed by atoms with Gasteiger partial charge in [0.05, 0.1) is 4.92 Å². The van der Waals surface area contributed by atoms with E-state index in [0.29, 0.717) is 6.42 Å². The quantitative estimate of drug-likeness (QED) is 0.335. The molecule has 0 bridgehead atoms. The van der Waals surface area contributed by atoms with Gasteiger partial charge in [0.15, 0.2) is 0 Å². The van der Waals surface area contributed by atoms with Gasteiger partial charge in [-0.15, -0.1) is 23.2 Å². The van der Waals surface area contributed by atoms with Crippen molar-refractivity contribution in [2.45, 2.75) is 31.0 Å². The zero-order chi connectivity index (χ0) is 18.1. The van der Waals surface area contributed by atoms with Crippen LogP contribution in [0, 0.1) is 10.1 Å². The Bertz CT molecular complexity index is 796. The second kappa shape index (κ2) is 7.22. The maximum Gasteiger partial charge on any atom is 0.269 e. The van der Waals surface area contributed by atoms with Crippen LogP contribution >= 0.6 is 23.2 Å². The second-order valence-corrected chi connectivity index (χ2v) is 8.07. The van der Waals surface area contributed by atoms with Crippen molar-refractivity contribution in [2.75, 3.05) is 18.0 Å². The minimum absolute atomic E-state index is 0.0171. The van der Waals surface area contributed by atoms with Crippen LogP contribution in [0.5, 0.6) is 0 Å². The molecule has 0 spiro atoms. The fourth-order valence-corrected chi connectivity index (χ4v) is 3.72. The number of anilines is 1. The van der Waals surface area contributed by atoms with E-state index in [1.807, 2.05) is 19.9 Å². The smallest absolute Gasteiger partial charge is 0.269 e. The summed E-state index contributed by atoms with van der Waals surface area (Å²) in [7, 11) is 0. The van der Waals surface area contributed by atoms with Crippen LogP contribution in [0.2, 0.25) is 0 Å². The Morgan fingerprint density at radius 1 is 1.04 bits per heavy atom. The molecule has 1 aliphatic rings. The van der Waals surface area contributed by atoms with Crippen molar-refractivity contribution >= 4 is 34.6 Å². The average Bonchev–Trinajstić information content (AvgIpc) is 2.89. The van der Waals surface area contributed by atoms with Crippen molar-refractivity contribution in [1.82, 2.24) is 0 Å². The highest BCUT2D eigenvalue weighted by molar-refractivity contribution is 6.21. The fourth-order valence-electron chi connectivity index (χ4n) is 3.39. The zero-order valence-corrected chi connectivity index (χ0v) is 15.7. The average molecular weight is 379 g/mol. The maximum absolute atomic E-state index is 11.0. The van der Waals surface area contributed by atoms with Crippen LogP contribution in [0.15, 0.2) is 36.4 Å². The minimum atomic E-state index is -0.347. The molecular weight excluding hydrogens is 359 g/mol. The number of fused-ring (bicyclic) bond motifs is 3. The molecule has 2 aromatic rings. The zero-order valence-electron chi connectivity index (χ0n) is 14.2. The molecular formula is C19H20Cl2N2O2. The summed E-state index contributed by atoms with van der Waals surface area (Å²) in [5, 5.41) is 11.0. The molecule has 25 heavy (non-hydrogen) atoms. The van der Waals surface area contributed by atoms with Crippen molar-refractivity contribution in [2.24, 2.45) is 0 Å². The second-order valence-electron chi connectivity index (χ2n) is 6.58. The molecule has 2 atom stereocenters. The van der Waals surface area contributed by atoms with Gasteiger partial charge >= 0.3 is 0 Å². The number of halogens is 2. The van der Waals surface area contributed by atoms with E-state index < -0.39 is 0 Å². The van der Waals surface area contributed by atoms with Gasteiger partial charge in [-0.2, -0.15) is 0 Å². The highest BCUT2D eigenvalue weighted by Gasteiger charge is 2.22. The Morgan fingerprint density at radius 3 is 2.16 bits per heavy atom. The van der Waals surface area contributed by atoms with E-state index in [4.69, 9.17) is 23.2 Å². The molecule has 4 nitrogen and oxygen atoms in total. The summed E-state index contributed by atoms with van der Waals surface area (Å²) >= 11 is 12.4. The first-order chi connectivity index (χ1) is 11.8. The Kier molecular flexibility index (Phi) is 5.21. The molecule has 0 saturated heterocycles. The van der Waals surface area contributed by atoms with E-state index in [-0.39, 0.29) is 21.4 Å². The molecule has 0 fully saturated rings. The molecule has 6 heteroatoms.